The van der Waals surface area contributed by atoms with E-state index in [1.54, 1.807) is 12.1 Å². The van der Waals surface area contributed by atoms with Crippen molar-refractivity contribution in [2.24, 2.45) is 0 Å². The molecule has 1 saturated carbocycles. The molecule has 1 fully saturated rings. The smallest absolute Gasteiger partial charge is 0.245 e. The van der Waals surface area contributed by atoms with Crippen LogP contribution in [-0.4, -0.2) is 29.6 Å². The Hall–Kier alpha value is -2.37. The minimum atomic E-state index is -0.976. The van der Waals surface area contributed by atoms with Crippen molar-refractivity contribution < 1.29 is 14.7 Å². The maximum Gasteiger partial charge on any atom is 0.245 e. The SMILES string of the molecule is O=C(NCc1ccc(Cl)cc1)C(CO)NC(=O)C1(c2ccccc2)CC1. The molecule has 0 saturated heterocycles. The number of halogens is 1. The summed E-state index contributed by atoms with van der Waals surface area (Å²) in [5, 5.41) is 15.6. The fourth-order valence-electron chi connectivity index (χ4n) is 2.93. The third-order valence-corrected chi connectivity index (χ3v) is 4.95. The predicted octanol–water partition coefficient (Wildman–Crippen LogP) is 2.17. The average Bonchev–Trinajstić information content (AvgIpc) is 3.48. The van der Waals surface area contributed by atoms with Gasteiger partial charge in [0.15, 0.2) is 0 Å². The molecule has 2 amide bonds. The van der Waals surface area contributed by atoms with E-state index in [1.165, 1.54) is 0 Å². The molecule has 1 aliphatic rings. The van der Waals surface area contributed by atoms with Crippen LogP contribution in [0, 0.1) is 0 Å². The molecule has 0 heterocycles. The summed E-state index contributed by atoms with van der Waals surface area (Å²) in [5.41, 5.74) is 1.25. The second kappa shape index (κ2) is 7.89. The molecule has 3 rings (SSSR count). The van der Waals surface area contributed by atoms with Gasteiger partial charge in [-0.25, -0.2) is 0 Å². The van der Waals surface area contributed by atoms with Gasteiger partial charge in [-0.05, 0) is 36.1 Å². The number of carbonyl (C=O) groups is 2. The van der Waals surface area contributed by atoms with Crippen LogP contribution in [0.25, 0.3) is 0 Å². The number of nitrogens with one attached hydrogen (secondary N) is 2. The van der Waals surface area contributed by atoms with E-state index in [9.17, 15) is 14.7 Å². The maximum absolute atomic E-state index is 12.7. The molecule has 0 spiro atoms. The molecule has 0 bridgehead atoms. The van der Waals surface area contributed by atoms with Gasteiger partial charge >= 0.3 is 0 Å². The van der Waals surface area contributed by atoms with Gasteiger partial charge in [0, 0.05) is 11.6 Å². The molecule has 0 aliphatic heterocycles. The van der Waals surface area contributed by atoms with Crippen LogP contribution in [0.5, 0.6) is 0 Å². The molecule has 26 heavy (non-hydrogen) atoms. The lowest BCUT2D eigenvalue weighted by molar-refractivity contribution is -0.131. The molecule has 6 heteroatoms. The number of amides is 2. The largest absolute Gasteiger partial charge is 0.394 e. The van der Waals surface area contributed by atoms with Crippen LogP contribution in [-0.2, 0) is 21.5 Å². The lowest BCUT2D eigenvalue weighted by atomic mass is 9.94. The first-order chi connectivity index (χ1) is 12.5. The van der Waals surface area contributed by atoms with Crippen LogP contribution in [0.3, 0.4) is 0 Å². The monoisotopic (exact) mass is 372 g/mol. The van der Waals surface area contributed by atoms with Crippen molar-refractivity contribution in [2.75, 3.05) is 6.61 Å². The molecule has 0 radical (unpaired) electrons. The molecule has 2 aromatic carbocycles. The highest BCUT2D eigenvalue weighted by molar-refractivity contribution is 6.30. The summed E-state index contributed by atoms with van der Waals surface area (Å²) in [6.45, 7) is -0.157. The highest BCUT2D eigenvalue weighted by atomic mass is 35.5. The Balaban J connectivity index is 1.59. The zero-order chi connectivity index (χ0) is 18.6. The van der Waals surface area contributed by atoms with Gasteiger partial charge in [-0.3, -0.25) is 9.59 Å². The molecule has 1 atom stereocenters. The number of aliphatic hydroxyl groups excluding tert-OH is 1. The standard InChI is InChI=1S/C20H21ClN2O3/c21-16-8-6-14(7-9-16)12-22-18(25)17(13-24)23-19(26)20(10-11-20)15-4-2-1-3-5-15/h1-9,17,24H,10-13H2,(H,22,25)(H,23,26). The predicted molar refractivity (Wildman–Crippen MR) is 99.7 cm³/mol. The zero-order valence-corrected chi connectivity index (χ0v) is 15.0. The first-order valence-electron chi connectivity index (χ1n) is 8.55. The van der Waals surface area contributed by atoms with E-state index in [-0.39, 0.29) is 5.91 Å². The fraction of sp³-hybridized carbons (Fsp3) is 0.300. The quantitative estimate of drug-likeness (QED) is 0.697. The van der Waals surface area contributed by atoms with Crippen molar-refractivity contribution in [1.82, 2.24) is 10.6 Å². The van der Waals surface area contributed by atoms with Crippen LogP contribution < -0.4 is 10.6 Å². The maximum atomic E-state index is 12.7. The lowest BCUT2D eigenvalue weighted by Gasteiger charge is -2.21. The molecule has 0 aromatic heterocycles. The van der Waals surface area contributed by atoms with Gasteiger partial charge in [0.25, 0.3) is 0 Å². The number of aliphatic hydroxyl groups is 1. The van der Waals surface area contributed by atoms with Gasteiger partial charge in [0.1, 0.15) is 6.04 Å². The third-order valence-electron chi connectivity index (χ3n) is 4.70. The van der Waals surface area contributed by atoms with E-state index in [0.29, 0.717) is 11.6 Å². The van der Waals surface area contributed by atoms with Gasteiger partial charge in [-0.2, -0.15) is 0 Å². The lowest BCUT2D eigenvalue weighted by Crippen LogP contribution is -2.51. The van der Waals surface area contributed by atoms with Crippen molar-refractivity contribution >= 4 is 23.4 Å². The fourth-order valence-corrected chi connectivity index (χ4v) is 3.06. The molecule has 1 unspecified atom stereocenters. The van der Waals surface area contributed by atoms with E-state index in [2.05, 4.69) is 10.6 Å². The minimum Gasteiger partial charge on any atom is -0.394 e. The van der Waals surface area contributed by atoms with Crippen molar-refractivity contribution in [2.45, 2.75) is 30.8 Å². The number of hydrogen-bond donors (Lipinski definition) is 3. The van der Waals surface area contributed by atoms with Crippen molar-refractivity contribution in [1.29, 1.82) is 0 Å². The minimum absolute atomic E-state index is 0.218. The van der Waals surface area contributed by atoms with Crippen LogP contribution in [0.4, 0.5) is 0 Å². The Labute approximate surface area is 157 Å². The van der Waals surface area contributed by atoms with E-state index in [0.717, 1.165) is 24.0 Å². The highest BCUT2D eigenvalue weighted by Gasteiger charge is 2.51. The number of hydrogen-bond acceptors (Lipinski definition) is 3. The van der Waals surface area contributed by atoms with Crippen molar-refractivity contribution in [3.8, 4) is 0 Å². The Morgan fingerprint density at radius 2 is 1.73 bits per heavy atom. The second-order valence-corrected chi connectivity index (χ2v) is 6.94. The van der Waals surface area contributed by atoms with E-state index >= 15 is 0 Å². The Morgan fingerprint density at radius 3 is 2.31 bits per heavy atom. The van der Waals surface area contributed by atoms with Gasteiger partial charge in [0.05, 0.1) is 12.0 Å². The van der Waals surface area contributed by atoms with Gasteiger partial charge < -0.3 is 15.7 Å². The summed E-state index contributed by atoms with van der Waals surface area (Å²) in [6, 6.07) is 15.6. The van der Waals surface area contributed by atoms with Crippen molar-refractivity contribution in [3.63, 3.8) is 0 Å². The van der Waals surface area contributed by atoms with E-state index in [4.69, 9.17) is 11.6 Å². The van der Waals surface area contributed by atoms with Crippen LogP contribution in [0.15, 0.2) is 54.6 Å². The molecule has 5 nitrogen and oxygen atoms in total. The average molecular weight is 373 g/mol. The number of carbonyl (C=O) groups excluding carboxylic acids is 2. The van der Waals surface area contributed by atoms with Crippen LogP contribution in [0.1, 0.15) is 24.0 Å². The summed E-state index contributed by atoms with van der Waals surface area (Å²) in [6.07, 6.45) is 1.49. The first kappa shape index (κ1) is 18.4. The van der Waals surface area contributed by atoms with Crippen molar-refractivity contribution in [3.05, 3.63) is 70.7 Å². The molecular weight excluding hydrogens is 352 g/mol. The van der Waals surface area contributed by atoms with Crippen LogP contribution in [0.2, 0.25) is 5.02 Å². The summed E-state index contributed by atoms with van der Waals surface area (Å²) < 4.78 is 0. The number of rotatable bonds is 7. The Kier molecular flexibility index (Phi) is 5.59. The van der Waals surface area contributed by atoms with Gasteiger partial charge in [-0.1, -0.05) is 54.1 Å². The summed E-state index contributed by atoms with van der Waals surface area (Å²) in [5.74, 6) is -0.635. The molecule has 3 N–H and O–H groups in total. The second-order valence-electron chi connectivity index (χ2n) is 6.50. The van der Waals surface area contributed by atoms with E-state index < -0.39 is 24.0 Å². The van der Waals surface area contributed by atoms with Crippen LogP contribution >= 0.6 is 11.6 Å². The number of benzene rings is 2. The van der Waals surface area contributed by atoms with Gasteiger partial charge in [-0.15, -0.1) is 0 Å². The normalized spacial score (nSPS) is 15.8. The molecule has 1 aliphatic carbocycles. The summed E-state index contributed by atoms with van der Waals surface area (Å²) in [7, 11) is 0. The third kappa shape index (κ3) is 4.06. The Morgan fingerprint density at radius 1 is 1.08 bits per heavy atom. The highest BCUT2D eigenvalue weighted by Crippen LogP contribution is 2.48. The molecule has 2 aromatic rings. The Bertz CT molecular complexity index is 773. The molecule has 136 valence electrons. The summed E-state index contributed by atoms with van der Waals surface area (Å²) >= 11 is 5.84. The summed E-state index contributed by atoms with van der Waals surface area (Å²) in [4.78, 5) is 25.0. The van der Waals surface area contributed by atoms with E-state index in [1.807, 2.05) is 42.5 Å². The first-order valence-corrected chi connectivity index (χ1v) is 8.92. The van der Waals surface area contributed by atoms with Gasteiger partial charge in [0.2, 0.25) is 11.8 Å². The topological polar surface area (TPSA) is 78.4 Å². The molecular formula is C20H21ClN2O3. The zero-order valence-electron chi connectivity index (χ0n) is 14.2.